The van der Waals surface area contributed by atoms with Gasteiger partial charge in [0.15, 0.2) is 0 Å². The first-order chi connectivity index (χ1) is 7.18. The van der Waals surface area contributed by atoms with Crippen LogP contribution in [0.25, 0.3) is 0 Å². The normalized spacial score (nSPS) is 18.6. The molecule has 1 N–H and O–H groups in total. The van der Waals surface area contributed by atoms with Crippen LogP contribution < -0.4 is 5.32 Å². The SMILES string of the molecule is CNCC1(c2ccc(F)cc2F)CCC1. The van der Waals surface area contributed by atoms with Gasteiger partial charge in [-0.2, -0.15) is 0 Å². The molecule has 0 bridgehead atoms. The summed E-state index contributed by atoms with van der Waals surface area (Å²) in [6.07, 6.45) is 3.09. The number of benzene rings is 1. The molecule has 1 fully saturated rings. The van der Waals surface area contributed by atoms with Gasteiger partial charge in [-0.05, 0) is 31.5 Å². The number of hydrogen-bond acceptors (Lipinski definition) is 1. The molecule has 0 unspecified atom stereocenters. The van der Waals surface area contributed by atoms with E-state index in [9.17, 15) is 8.78 Å². The molecule has 0 radical (unpaired) electrons. The van der Waals surface area contributed by atoms with Crippen LogP contribution in [0.3, 0.4) is 0 Å². The Bertz CT molecular complexity index is 359. The average Bonchev–Trinajstić information content (AvgIpc) is 2.12. The Balaban J connectivity index is 2.34. The minimum Gasteiger partial charge on any atom is -0.319 e. The zero-order valence-electron chi connectivity index (χ0n) is 8.82. The first-order valence-electron chi connectivity index (χ1n) is 5.28. The van der Waals surface area contributed by atoms with E-state index in [1.165, 1.54) is 6.07 Å². The number of rotatable bonds is 3. The van der Waals surface area contributed by atoms with Crippen molar-refractivity contribution in [3.63, 3.8) is 0 Å². The topological polar surface area (TPSA) is 12.0 Å². The summed E-state index contributed by atoms with van der Waals surface area (Å²) < 4.78 is 26.4. The summed E-state index contributed by atoms with van der Waals surface area (Å²) >= 11 is 0. The predicted octanol–water partition coefficient (Wildman–Crippen LogP) is 2.61. The summed E-state index contributed by atoms with van der Waals surface area (Å²) in [7, 11) is 1.86. The van der Waals surface area contributed by atoms with E-state index >= 15 is 0 Å². The second-order valence-corrected chi connectivity index (χ2v) is 4.29. The van der Waals surface area contributed by atoms with Crippen LogP contribution in [0.4, 0.5) is 8.78 Å². The molecule has 0 aromatic heterocycles. The maximum absolute atomic E-state index is 13.6. The van der Waals surface area contributed by atoms with Crippen molar-refractivity contribution in [1.29, 1.82) is 0 Å². The maximum Gasteiger partial charge on any atom is 0.129 e. The lowest BCUT2D eigenvalue weighted by Crippen LogP contribution is -2.43. The highest BCUT2D eigenvalue weighted by atomic mass is 19.1. The fourth-order valence-corrected chi connectivity index (χ4v) is 2.40. The summed E-state index contributed by atoms with van der Waals surface area (Å²) in [5.41, 5.74) is 0.552. The summed E-state index contributed by atoms with van der Waals surface area (Å²) in [5.74, 6) is -0.917. The van der Waals surface area contributed by atoms with Gasteiger partial charge in [0.1, 0.15) is 11.6 Å². The number of likely N-dealkylation sites (N-methyl/N-ethyl adjacent to an activating group) is 1. The highest BCUT2D eigenvalue weighted by Gasteiger charge is 2.39. The predicted molar refractivity (Wildman–Crippen MR) is 55.8 cm³/mol. The standard InChI is InChI=1S/C12H15F2N/c1-15-8-12(5-2-6-12)10-4-3-9(13)7-11(10)14/h3-4,7,15H,2,5-6,8H2,1H3. The molecule has 3 heteroatoms. The van der Waals surface area contributed by atoms with Gasteiger partial charge in [0.2, 0.25) is 0 Å². The second kappa shape index (κ2) is 3.89. The molecule has 0 amide bonds. The Hall–Kier alpha value is -0.960. The van der Waals surface area contributed by atoms with E-state index in [0.29, 0.717) is 5.56 Å². The molecule has 0 heterocycles. The lowest BCUT2D eigenvalue weighted by molar-refractivity contribution is 0.231. The van der Waals surface area contributed by atoms with E-state index in [1.807, 2.05) is 7.05 Å². The summed E-state index contributed by atoms with van der Waals surface area (Å²) in [4.78, 5) is 0. The molecule has 1 aromatic rings. The fraction of sp³-hybridized carbons (Fsp3) is 0.500. The van der Waals surface area contributed by atoms with Crippen molar-refractivity contribution in [2.75, 3.05) is 13.6 Å². The lowest BCUT2D eigenvalue weighted by Gasteiger charge is -2.42. The van der Waals surface area contributed by atoms with Crippen LogP contribution in [-0.4, -0.2) is 13.6 Å². The van der Waals surface area contributed by atoms with Gasteiger partial charge in [0, 0.05) is 18.0 Å². The monoisotopic (exact) mass is 211 g/mol. The minimum atomic E-state index is -0.504. The quantitative estimate of drug-likeness (QED) is 0.810. The minimum absolute atomic E-state index is 0.105. The molecule has 15 heavy (non-hydrogen) atoms. The zero-order chi connectivity index (χ0) is 10.9. The van der Waals surface area contributed by atoms with Crippen LogP contribution in [0, 0.1) is 11.6 Å². The number of halogens is 2. The van der Waals surface area contributed by atoms with E-state index in [0.717, 1.165) is 31.9 Å². The van der Waals surface area contributed by atoms with E-state index in [1.54, 1.807) is 6.07 Å². The summed E-state index contributed by atoms with van der Waals surface area (Å²) in [6, 6.07) is 3.90. The molecular formula is C12H15F2N. The van der Waals surface area contributed by atoms with Gasteiger partial charge in [-0.3, -0.25) is 0 Å². The first kappa shape index (κ1) is 10.6. The molecule has 0 aliphatic heterocycles. The molecule has 82 valence electrons. The Morgan fingerprint density at radius 1 is 1.33 bits per heavy atom. The van der Waals surface area contributed by atoms with Crippen LogP contribution in [0.1, 0.15) is 24.8 Å². The molecule has 1 aromatic carbocycles. The fourth-order valence-electron chi connectivity index (χ4n) is 2.40. The Labute approximate surface area is 88.5 Å². The van der Waals surface area contributed by atoms with Gasteiger partial charge in [-0.1, -0.05) is 12.5 Å². The highest BCUT2D eigenvalue weighted by molar-refractivity contribution is 5.30. The van der Waals surface area contributed by atoms with Crippen molar-refractivity contribution < 1.29 is 8.78 Å². The molecule has 2 rings (SSSR count). The van der Waals surface area contributed by atoms with Gasteiger partial charge >= 0.3 is 0 Å². The molecule has 1 aliphatic rings. The van der Waals surface area contributed by atoms with Gasteiger partial charge in [-0.25, -0.2) is 8.78 Å². The molecular weight excluding hydrogens is 196 g/mol. The van der Waals surface area contributed by atoms with Crippen molar-refractivity contribution in [3.8, 4) is 0 Å². The van der Waals surface area contributed by atoms with Crippen LogP contribution in [0.15, 0.2) is 18.2 Å². The number of nitrogens with one attached hydrogen (secondary N) is 1. The van der Waals surface area contributed by atoms with E-state index in [2.05, 4.69) is 5.32 Å². The molecule has 0 spiro atoms. The molecule has 1 nitrogen and oxygen atoms in total. The van der Waals surface area contributed by atoms with Crippen LogP contribution in [-0.2, 0) is 5.41 Å². The first-order valence-corrected chi connectivity index (χ1v) is 5.28. The van der Waals surface area contributed by atoms with Crippen molar-refractivity contribution in [3.05, 3.63) is 35.4 Å². The summed E-state index contributed by atoms with van der Waals surface area (Å²) in [6.45, 7) is 0.759. The average molecular weight is 211 g/mol. The molecule has 1 aliphatic carbocycles. The van der Waals surface area contributed by atoms with Crippen molar-refractivity contribution in [2.24, 2.45) is 0 Å². The Morgan fingerprint density at radius 2 is 2.07 bits per heavy atom. The Morgan fingerprint density at radius 3 is 2.53 bits per heavy atom. The van der Waals surface area contributed by atoms with E-state index < -0.39 is 11.6 Å². The van der Waals surface area contributed by atoms with Crippen LogP contribution in [0.5, 0.6) is 0 Å². The van der Waals surface area contributed by atoms with Crippen LogP contribution >= 0.6 is 0 Å². The van der Waals surface area contributed by atoms with Crippen molar-refractivity contribution in [1.82, 2.24) is 5.32 Å². The number of hydrogen-bond donors (Lipinski definition) is 1. The van der Waals surface area contributed by atoms with Gasteiger partial charge in [-0.15, -0.1) is 0 Å². The van der Waals surface area contributed by atoms with Crippen molar-refractivity contribution >= 4 is 0 Å². The van der Waals surface area contributed by atoms with E-state index in [4.69, 9.17) is 0 Å². The summed E-state index contributed by atoms with van der Waals surface area (Å²) in [5, 5.41) is 3.09. The molecule has 0 atom stereocenters. The highest BCUT2D eigenvalue weighted by Crippen LogP contribution is 2.44. The molecule has 1 saturated carbocycles. The van der Waals surface area contributed by atoms with Gasteiger partial charge < -0.3 is 5.32 Å². The van der Waals surface area contributed by atoms with Crippen LogP contribution in [0.2, 0.25) is 0 Å². The maximum atomic E-state index is 13.6. The smallest absolute Gasteiger partial charge is 0.129 e. The second-order valence-electron chi connectivity index (χ2n) is 4.29. The van der Waals surface area contributed by atoms with E-state index in [-0.39, 0.29) is 5.41 Å². The third-order valence-electron chi connectivity index (χ3n) is 3.33. The Kier molecular flexibility index (Phi) is 2.74. The molecule has 0 saturated heterocycles. The van der Waals surface area contributed by atoms with Gasteiger partial charge in [0.25, 0.3) is 0 Å². The van der Waals surface area contributed by atoms with Gasteiger partial charge in [0.05, 0.1) is 0 Å². The largest absolute Gasteiger partial charge is 0.319 e. The third-order valence-corrected chi connectivity index (χ3v) is 3.33. The zero-order valence-corrected chi connectivity index (χ0v) is 8.82. The van der Waals surface area contributed by atoms with Crippen molar-refractivity contribution in [2.45, 2.75) is 24.7 Å². The third kappa shape index (κ3) is 1.76. The lowest BCUT2D eigenvalue weighted by atomic mass is 9.64.